The Morgan fingerprint density at radius 1 is 1.00 bits per heavy atom. The molecule has 0 aliphatic heterocycles. The van der Waals surface area contributed by atoms with Crippen molar-refractivity contribution in [1.29, 1.82) is 0 Å². The fourth-order valence-corrected chi connectivity index (χ4v) is 4.93. The molecule has 0 spiro atoms. The summed E-state index contributed by atoms with van der Waals surface area (Å²) in [6, 6.07) is 9.23. The van der Waals surface area contributed by atoms with Gasteiger partial charge in [0.25, 0.3) is 0 Å². The lowest BCUT2D eigenvalue weighted by atomic mass is 9.92. The molecule has 186 valence electrons. The highest BCUT2D eigenvalue weighted by molar-refractivity contribution is 5.86. The summed E-state index contributed by atoms with van der Waals surface area (Å²) in [5.41, 5.74) is 9.00. The van der Waals surface area contributed by atoms with Crippen LogP contribution in [0.25, 0.3) is 11.2 Å². The van der Waals surface area contributed by atoms with Gasteiger partial charge in [-0.05, 0) is 56.2 Å². The van der Waals surface area contributed by atoms with Crippen molar-refractivity contribution in [3.05, 3.63) is 36.2 Å². The molecule has 3 aromatic rings. The van der Waals surface area contributed by atoms with Crippen LogP contribution in [0.15, 0.2) is 30.6 Å². The number of anilines is 2. The number of nitrogens with one attached hydrogen (secondary N) is 2. The molecule has 2 aromatic heterocycles. The normalized spacial score (nSPS) is 20.4. The molecule has 0 radical (unpaired) electrons. The number of ether oxygens (including phenoxy) is 1. The van der Waals surface area contributed by atoms with Gasteiger partial charge in [0.2, 0.25) is 5.95 Å². The van der Waals surface area contributed by atoms with Crippen LogP contribution in [0.1, 0.15) is 63.0 Å². The van der Waals surface area contributed by atoms with Crippen LogP contribution in [-0.2, 0) is 6.54 Å². The Morgan fingerprint density at radius 3 is 2.38 bits per heavy atom. The van der Waals surface area contributed by atoms with Gasteiger partial charge in [-0.25, -0.2) is 4.98 Å². The Kier molecular flexibility index (Phi) is 9.22. The van der Waals surface area contributed by atoms with Crippen molar-refractivity contribution in [2.24, 2.45) is 5.73 Å². The van der Waals surface area contributed by atoms with Gasteiger partial charge in [0.15, 0.2) is 17.0 Å². The zero-order chi connectivity index (χ0) is 21.9. The molecule has 5 rings (SSSR count). The number of hydrogen-bond donors (Lipinski definition) is 3. The number of hydrogen-bond acceptors (Lipinski definition) is 7. The van der Waals surface area contributed by atoms with Crippen molar-refractivity contribution in [2.75, 3.05) is 17.7 Å². The average Bonchev–Trinajstić information content (AvgIpc) is 3.49. The van der Waals surface area contributed by atoms with Gasteiger partial charge in [-0.15, -0.1) is 24.8 Å². The van der Waals surface area contributed by atoms with Gasteiger partial charge < -0.3 is 25.7 Å². The molecule has 2 fully saturated rings. The molecule has 1 aromatic carbocycles. The first kappa shape index (κ1) is 26.3. The maximum atomic E-state index is 6.09. The molecule has 10 heteroatoms. The maximum Gasteiger partial charge on any atom is 0.227 e. The molecule has 2 aliphatic carbocycles. The number of nitrogens with zero attached hydrogens (tertiary/aromatic N) is 4. The van der Waals surface area contributed by atoms with Gasteiger partial charge in [0.1, 0.15) is 5.75 Å². The van der Waals surface area contributed by atoms with Gasteiger partial charge in [0, 0.05) is 24.7 Å². The molecular formula is C24H35Cl2N7O. The Balaban J connectivity index is 0.00000162. The van der Waals surface area contributed by atoms with E-state index in [4.69, 9.17) is 25.4 Å². The number of halogens is 2. The summed E-state index contributed by atoms with van der Waals surface area (Å²) in [6.45, 7) is 0.657. The molecule has 0 atom stereocenters. The third-order valence-corrected chi connectivity index (χ3v) is 6.86. The Hall–Kier alpha value is -2.29. The first-order valence-corrected chi connectivity index (χ1v) is 11.8. The van der Waals surface area contributed by atoms with Crippen molar-refractivity contribution in [3.63, 3.8) is 0 Å². The summed E-state index contributed by atoms with van der Waals surface area (Å²) >= 11 is 0. The Labute approximate surface area is 213 Å². The van der Waals surface area contributed by atoms with E-state index in [-0.39, 0.29) is 24.8 Å². The van der Waals surface area contributed by atoms with E-state index in [0.29, 0.717) is 30.6 Å². The molecule has 8 nitrogen and oxygen atoms in total. The van der Waals surface area contributed by atoms with E-state index >= 15 is 0 Å². The summed E-state index contributed by atoms with van der Waals surface area (Å²) in [5, 5.41) is 7.08. The van der Waals surface area contributed by atoms with Gasteiger partial charge in [-0.1, -0.05) is 25.0 Å². The number of benzene rings is 1. The highest BCUT2D eigenvalue weighted by Gasteiger charge is 2.23. The Morgan fingerprint density at radius 2 is 1.71 bits per heavy atom. The highest BCUT2D eigenvalue weighted by Crippen LogP contribution is 2.33. The van der Waals surface area contributed by atoms with Crippen molar-refractivity contribution < 1.29 is 4.74 Å². The van der Waals surface area contributed by atoms with Crippen LogP contribution in [0.5, 0.6) is 5.75 Å². The van der Waals surface area contributed by atoms with Crippen LogP contribution in [0.2, 0.25) is 0 Å². The summed E-state index contributed by atoms with van der Waals surface area (Å²) in [4.78, 5) is 14.5. The van der Waals surface area contributed by atoms with Crippen molar-refractivity contribution in [1.82, 2.24) is 19.5 Å². The summed E-state index contributed by atoms with van der Waals surface area (Å²) in [7, 11) is 1.68. The Bertz CT molecular complexity index is 1050. The summed E-state index contributed by atoms with van der Waals surface area (Å²) < 4.78 is 7.52. The van der Waals surface area contributed by atoms with Crippen LogP contribution in [-0.4, -0.2) is 38.7 Å². The van der Waals surface area contributed by atoms with Gasteiger partial charge in [-0.2, -0.15) is 9.97 Å². The third-order valence-electron chi connectivity index (χ3n) is 6.86. The van der Waals surface area contributed by atoms with E-state index in [9.17, 15) is 0 Å². The predicted molar refractivity (Wildman–Crippen MR) is 141 cm³/mol. The SMILES string of the molecule is COc1ccc(CNc2nc(NC3CCC(N)CC3)nc3c2ncn3C2CCCC2)cc1.Cl.Cl. The minimum atomic E-state index is 0. The zero-order valence-electron chi connectivity index (χ0n) is 19.6. The molecule has 2 aliphatic rings. The standard InChI is InChI=1S/C24H33N7O.2ClH/c1-32-20-12-6-16(7-13-20)14-26-22-21-23(31(15-27-21)19-4-2-3-5-19)30-24(29-22)28-18-10-8-17(25)9-11-18;;/h6-7,12-13,15,17-19H,2-5,8-11,14,25H2,1H3,(H2,26,28,29,30);2*1H. The second-order valence-corrected chi connectivity index (χ2v) is 9.12. The smallest absolute Gasteiger partial charge is 0.227 e. The maximum absolute atomic E-state index is 6.09. The fourth-order valence-electron chi connectivity index (χ4n) is 4.93. The minimum Gasteiger partial charge on any atom is -0.497 e. The van der Waals surface area contributed by atoms with E-state index in [1.807, 2.05) is 18.5 Å². The quantitative estimate of drug-likeness (QED) is 0.409. The van der Waals surface area contributed by atoms with Crippen molar-refractivity contribution >= 4 is 47.7 Å². The van der Waals surface area contributed by atoms with Crippen LogP contribution < -0.4 is 21.1 Å². The molecular weight excluding hydrogens is 473 g/mol. The molecule has 0 bridgehead atoms. The van der Waals surface area contributed by atoms with E-state index in [2.05, 4.69) is 27.3 Å². The highest BCUT2D eigenvalue weighted by atomic mass is 35.5. The molecule has 0 unspecified atom stereocenters. The number of nitrogens with two attached hydrogens (primary N) is 1. The summed E-state index contributed by atoms with van der Waals surface area (Å²) in [6.07, 6.45) is 11.1. The largest absolute Gasteiger partial charge is 0.497 e. The third kappa shape index (κ3) is 5.85. The molecule has 34 heavy (non-hydrogen) atoms. The minimum absolute atomic E-state index is 0. The molecule has 2 saturated carbocycles. The van der Waals surface area contributed by atoms with Gasteiger partial charge in [-0.3, -0.25) is 0 Å². The van der Waals surface area contributed by atoms with Crippen molar-refractivity contribution in [3.8, 4) is 5.75 Å². The van der Waals surface area contributed by atoms with E-state index < -0.39 is 0 Å². The monoisotopic (exact) mass is 507 g/mol. The zero-order valence-corrected chi connectivity index (χ0v) is 21.2. The van der Waals surface area contributed by atoms with E-state index in [0.717, 1.165) is 54.0 Å². The average molecular weight is 508 g/mol. The summed E-state index contributed by atoms with van der Waals surface area (Å²) in [5.74, 6) is 2.31. The topological polar surface area (TPSA) is 103 Å². The van der Waals surface area contributed by atoms with Crippen LogP contribution in [0.4, 0.5) is 11.8 Å². The van der Waals surface area contributed by atoms with Gasteiger partial charge in [0.05, 0.1) is 13.4 Å². The number of rotatable bonds is 7. The molecule has 0 amide bonds. The van der Waals surface area contributed by atoms with Crippen LogP contribution in [0.3, 0.4) is 0 Å². The lowest BCUT2D eigenvalue weighted by Gasteiger charge is -2.27. The molecule has 0 saturated heterocycles. The van der Waals surface area contributed by atoms with Gasteiger partial charge >= 0.3 is 0 Å². The fraction of sp³-hybridized carbons (Fsp3) is 0.542. The second-order valence-electron chi connectivity index (χ2n) is 9.12. The van der Waals surface area contributed by atoms with Crippen molar-refractivity contribution in [2.45, 2.75) is 76.0 Å². The van der Waals surface area contributed by atoms with Crippen LogP contribution >= 0.6 is 24.8 Å². The molecule has 2 heterocycles. The second kappa shape index (κ2) is 11.9. The lowest BCUT2D eigenvalue weighted by molar-refractivity contribution is 0.410. The van der Waals surface area contributed by atoms with E-state index in [1.165, 1.54) is 25.7 Å². The van der Waals surface area contributed by atoms with E-state index in [1.54, 1.807) is 7.11 Å². The molecule has 4 N–H and O–H groups in total. The lowest BCUT2D eigenvalue weighted by Crippen LogP contribution is -2.33. The number of aromatic nitrogens is 4. The number of imidazole rings is 1. The van der Waals surface area contributed by atoms with Crippen LogP contribution in [0, 0.1) is 0 Å². The first-order valence-electron chi connectivity index (χ1n) is 11.8. The first-order chi connectivity index (χ1) is 15.7. The predicted octanol–water partition coefficient (Wildman–Crippen LogP) is 5.09. The number of fused-ring (bicyclic) bond motifs is 1. The number of methoxy groups -OCH3 is 1.